The zero-order chi connectivity index (χ0) is 11.4. The number of fused-ring (bicyclic) bond motifs is 1. The number of anilines is 1. The van der Waals surface area contributed by atoms with E-state index >= 15 is 0 Å². The maximum absolute atomic E-state index is 5.74. The summed E-state index contributed by atoms with van der Waals surface area (Å²) >= 11 is 0. The molecule has 3 heterocycles. The van der Waals surface area contributed by atoms with Crippen molar-refractivity contribution in [2.75, 3.05) is 25.0 Å². The van der Waals surface area contributed by atoms with E-state index in [2.05, 4.69) is 20.3 Å². The van der Waals surface area contributed by atoms with E-state index in [1.165, 1.54) is 11.4 Å². The van der Waals surface area contributed by atoms with Crippen molar-refractivity contribution in [3.63, 3.8) is 0 Å². The van der Waals surface area contributed by atoms with Gasteiger partial charge in [0.1, 0.15) is 5.52 Å². The van der Waals surface area contributed by atoms with E-state index in [1.807, 2.05) is 31.3 Å². The van der Waals surface area contributed by atoms with Crippen LogP contribution in [0.4, 0.5) is 6.01 Å². The van der Waals surface area contributed by atoms with Crippen LogP contribution in [0.1, 0.15) is 0 Å². The summed E-state index contributed by atoms with van der Waals surface area (Å²) in [7, 11) is 1.93. The van der Waals surface area contributed by atoms with E-state index in [4.69, 9.17) is 4.42 Å². The Morgan fingerprint density at radius 3 is 2.71 bits per heavy atom. The third-order valence-electron chi connectivity index (χ3n) is 3.28. The second-order valence-electron chi connectivity index (χ2n) is 4.27. The van der Waals surface area contributed by atoms with Gasteiger partial charge >= 0.3 is 0 Å². The summed E-state index contributed by atoms with van der Waals surface area (Å²) in [6.07, 6.45) is 0. The Kier molecular flexibility index (Phi) is 1.61. The molecule has 0 saturated heterocycles. The van der Waals surface area contributed by atoms with Gasteiger partial charge in [-0.2, -0.15) is 4.98 Å². The number of rotatable bonds is 2. The molecule has 0 amide bonds. The number of hydrazine groups is 1. The molecule has 17 heavy (non-hydrogen) atoms. The maximum atomic E-state index is 5.74. The quantitative estimate of drug-likeness (QED) is 0.839. The zero-order valence-corrected chi connectivity index (χ0v) is 9.47. The second-order valence-corrected chi connectivity index (χ2v) is 4.27. The first-order valence-corrected chi connectivity index (χ1v) is 5.67. The van der Waals surface area contributed by atoms with Gasteiger partial charge in [-0.3, -0.25) is 5.01 Å². The highest BCUT2D eigenvalue weighted by atomic mass is 16.4. The summed E-state index contributed by atoms with van der Waals surface area (Å²) in [6, 6.07) is 8.57. The molecule has 86 valence electrons. The lowest BCUT2D eigenvalue weighted by Gasteiger charge is -2.20. The lowest BCUT2D eigenvalue weighted by molar-refractivity contribution is 0.420. The maximum Gasteiger partial charge on any atom is 0.299 e. The Hall–Kier alpha value is -2.01. The molecule has 0 spiro atoms. The molecule has 0 saturated carbocycles. The minimum atomic E-state index is 0.717. The first-order chi connectivity index (χ1) is 8.36. The predicted octanol–water partition coefficient (Wildman–Crippen LogP) is 1.31. The molecule has 0 bridgehead atoms. The number of piperazine rings is 1. The van der Waals surface area contributed by atoms with Gasteiger partial charge in [-0.25, -0.2) is 5.43 Å². The summed E-state index contributed by atoms with van der Waals surface area (Å²) in [5.41, 5.74) is 7.58. The molecule has 0 aliphatic carbocycles. The molecule has 0 atom stereocenters. The van der Waals surface area contributed by atoms with Crippen molar-refractivity contribution in [1.82, 2.24) is 15.4 Å². The first kappa shape index (κ1) is 9.07. The number of hydrogen-bond donors (Lipinski definition) is 1. The van der Waals surface area contributed by atoms with Crippen molar-refractivity contribution in [2.45, 2.75) is 0 Å². The Bertz CT molecular complexity index is 581. The third kappa shape index (κ3) is 1.20. The number of nitrogens with zero attached hydrogens (tertiary/aromatic N) is 3. The Morgan fingerprint density at radius 1 is 1.24 bits per heavy atom. The number of oxazole rings is 1. The zero-order valence-electron chi connectivity index (χ0n) is 9.47. The number of para-hydroxylation sites is 2. The standard InChI is InChI=1S/C12H12N4O/c1-13-16-9-6-15(7-10(9)16)12-14-8-4-2-3-5-11(8)17-12/h2-5,13H,6-7H2,1H3. The van der Waals surface area contributed by atoms with Crippen LogP contribution in [-0.4, -0.2) is 30.1 Å². The van der Waals surface area contributed by atoms with E-state index in [1.54, 1.807) is 0 Å². The molecule has 5 heteroatoms. The van der Waals surface area contributed by atoms with E-state index in [9.17, 15) is 0 Å². The fourth-order valence-electron chi connectivity index (χ4n) is 2.38. The molecule has 2 aliphatic rings. The molecule has 1 aromatic heterocycles. The molecule has 0 unspecified atom stereocenters. The van der Waals surface area contributed by atoms with Crippen LogP contribution in [0.15, 0.2) is 40.1 Å². The van der Waals surface area contributed by atoms with Gasteiger partial charge in [-0.05, 0) is 12.1 Å². The van der Waals surface area contributed by atoms with Gasteiger partial charge in [0.2, 0.25) is 0 Å². The predicted molar refractivity (Wildman–Crippen MR) is 64.1 cm³/mol. The summed E-state index contributed by atoms with van der Waals surface area (Å²) in [5.74, 6) is 0. The summed E-state index contributed by atoms with van der Waals surface area (Å²) in [6.45, 7) is 1.76. The molecule has 0 fully saturated rings. The molecule has 5 nitrogen and oxygen atoms in total. The Morgan fingerprint density at radius 2 is 2.00 bits per heavy atom. The van der Waals surface area contributed by atoms with Crippen molar-refractivity contribution in [3.8, 4) is 0 Å². The lowest BCUT2D eigenvalue weighted by atomic mass is 10.3. The lowest BCUT2D eigenvalue weighted by Crippen LogP contribution is -2.32. The fourth-order valence-corrected chi connectivity index (χ4v) is 2.38. The summed E-state index contributed by atoms with van der Waals surface area (Å²) in [4.78, 5) is 6.65. The van der Waals surface area contributed by atoms with Gasteiger partial charge < -0.3 is 9.32 Å². The van der Waals surface area contributed by atoms with E-state index in [-0.39, 0.29) is 0 Å². The van der Waals surface area contributed by atoms with Crippen LogP contribution in [0.25, 0.3) is 11.1 Å². The van der Waals surface area contributed by atoms with Crippen LogP contribution in [0.5, 0.6) is 0 Å². The highest BCUT2D eigenvalue weighted by Gasteiger charge is 2.42. The van der Waals surface area contributed by atoms with Crippen molar-refractivity contribution >= 4 is 17.1 Å². The van der Waals surface area contributed by atoms with Crippen molar-refractivity contribution in [3.05, 3.63) is 35.7 Å². The van der Waals surface area contributed by atoms with Crippen LogP contribution in [-0.2, 0) is 0 Å². The third-order valence-corrected chi connectivity index (χ3v) is 3.28. The molecule has 4 rings (SSSR count). The minimum Gasteiger partial charge on any atom is -0.423 e. The molecule has 1 N–H and O–H groups in total. The van der Waals surface area contributed by atoms with Crippen LogP contribution in [0.3, 0.4) is 0 Å². The molecule has 0 radical (unpaired) electrons. The summed E-state index contributed by atoms with van der Waals surface area (Å²) < 4.78 is 5.74. The van der Waals surface area contributed by atoms with Crippen LogP contribution in [0, 0.1) is 0 Å². The van der Waals surface area contributed by atoms with E-state index in [0.717, 1.165) is 30.2 Å². The van der Waals surface area contributed by atoms with E-state index < -0.39 is 0 Å². The average molecular weight is 228 g/mol. The van der Waals surface area contributed by atoms with E-state index in [0.29, 0.717) is 0 Å². The topological polar surface area (TPSA) is 44.3 Å². The van der Waals surface area contributed by atoms with Crippen molar-refractivity contribution in [2.24, 2.45) is 0 Å². The highest BCUT2D eigenvalue weighted by Crippen LogP contribution is 2.38. The monoisotopic (exact) mass is 228 g/mol. The smallest absolute Gasteiger partial charge is 0.299 e. The van der Waals surface area contributed by atoms with Crippen LogP contribution < -0.4 is 10.3 Å². The highest BCUT2D eigenvalue weighted by molar-refractivity contribution is 5.74. The minimum absolute atomic E-state index is 0.717. The van der Waals surface area contributed by atoms with Gasteiger partial charge in [0.05, 0.1) is 24.5 Å². The number of nitrogens with one attached hydrogen (secondary N) is 1. The van der Waals surface area contributed by atoms with Crippen LogP contribution >= 0.6 is 0 Å². The average Bonchev–Trinajstić information content (AvgIpc) is 2.77. The van der Waals surface area contributed by atoms with Crippen molar-refractivity contribution in [1.29, 1.82) is 0 Å². The van der Waals surface area contributed by atoms with Gasteiger partial charge in [0, 0.05) is 7.05 Å². The Labute approximate surface area is 98.3 Å². The van der Waals surface area contributed by atoms with Crippen LogP contribution in [0.2, 0.25) is 0 Å². The molecular formula is C12H12N4O. The molecular weight excluding hydrogens is 216 g/mol. The second kappa shape index (κ2) is 3.01. The first-order valence-electron chi connectivity index (χ1n) is 5.67. The SMILES string of the molecule is CNN1C2=C1CN(c1nc3ccccc3o1)C2. The number of aromatic nitrogens is 1. The van der Waals surface area contributed by atoms with Crippen molar-refractivity contribution < 1.29 is 4.42 Å². The van der Waals surface area contributed by atoms with Gasteiger partial charge in [-0.1, -0.05) is 12.1 Å². The number of benzene rings is 1. The molecule has 2 aliphatic heterocycles. The van der Waals surface area contributed by atoms with Gasteiger partial charge in [0.25, 0.3) is 6.01 Å². The largest absolute Gasteiger partial charge is 0.423 e. The molecule has 1 aromatic carbocycles. The Balaban J connectivity index is 1.61. The fraction of sp³-hybridized carbons (Fsp3) is 0.250. The summed E-state index contributed by atoms with van der Waals surface area (Å²) in [5, 5.41) is 2.11. The molecule has 2 aromatic rings. The van der Waals surface area contributed by atoms with Gasteiger partial charge in [0.15, 0.2) is 5.58 Å². The normalized spacial score (nSPS) is 18.2. The van der Waals surface area contributed by atoms with Gasteiger partial charge in [-0.15, -0.1) is 0 Å². The number of hydrogen-bond acceptors (Lipinski definition) is 5.